The summed E-state index contributed by atoms with van der Waals surface area (Å²) >= 11 is 0. The number of H-pyrrole nitrogens is 1. The van der Waals surface area contributed by atoms with Gasteiger partial charge in [0.1, 0.15) is 5.56 Å². The smallest absolute Gasteiger partial charge is 0.308 e. The Kier molecular flexibility index (Phi) is 4.00. The Morgan fingerprint density at radius 1 is 1.23 bits per heavy atom. The Morgan fingerprint density at radius 2 is 2.00 bits per heavy atom. The number of pyridine rings is 1. The Labute approximate surface area is 128 Å². The van der Waals surface area contributed by atoms with Crippen LogP contribution in [-0.2, 0) is 17.6 Å². The Bertz CT molecular complexity index is 665. The van der Waals surface area contributed by atoms with Gasteiger partial charge < -0.3 is 15.0 Å². The van der Waals surface area contributed by atoms with Crippen molar-refractivity contribution in [1.82, 2.24) is 9.88 Å². The molecule has 2 heterocycles. The first-order valence-electron chi connectivity index (χ1n) is 7.83. The molecule has 1 aromatic rings. The van der Waals surface area contributed by atoms with Crippen LogP contribution < -0.4 is 5.56 Å². The molecular formula is C16H20N2O4. The number of carboxylic acid groups (broad SMARTS) is 1. The number of aromatic nitrogens is 1. The van der Waals surface area contributed by atoms with E-state index in [1.54, 1.807) is 6.07 Å². The third-order valence-electron chi connectivity index (χ3n) is 4.63. The van der Waals surface area contributed by atoms with Crippen molar-refractivity contribution < 1.29 is 14.7 Å². The summed E-state index contributed by atoms with van der Waals surface area (Å²) in [6.45, 7) is 0.698. The number of piperidine rings is 1. The van der Waals surface area contributed by atoms with Gasteiger partial charge in [0.2, 0.25) is 0 Å². The molecule has 1 amide bonds. The van der Waals surface area contributed by atoms with Gasteiger partial charge in [0, 0.05) is 18.8 Å². The molecule has 1 aliphatic heterocycles. The highest BCUT2D eigenvalue weighted by Gasteiger charge is 2.30. The van der Waals surface area contributed by atoms with Gasteiger partial charge in [-0.1, -0.05) is 0 Å². The Hall–Kier alpha value is -2.11. The molecule has 1 aromatic heterocycles. The highest BCUT2D eigenvalue weighted by atomic mass is 16.4. The van der Waals surface area contributed by atoms with E-state index >= 15 is 0 Å². The minimum absolute atomic E-state index is 0.145. The molecule has 0 radical (unpaired) electrons. The number of aliphatic carboxylic acids is 1. The largest absolute Gasteiger partial charge is 0.481 e. The zero-order chi connectivity index (χ0) is 15.7. The van der Waals surface area contributed by atoms with Crippen molar-refractivity contribution >= 4 is 11.9 Å². The summed E-state index contributed by atoms with van der Waals surface area (Å²) in [6, 6.07) is 1.71. The molecule has 0 bridgehead atoms. The predicted molar refractivity (Wildman–Crippen MR) is 80.0 cm³/mol. The van der Waals surface area contributed by atoms with E-state index < -0.39 is 11.9 Å². The lowest BCUT2D eigenvalue weighted by atomic mass is 9.94. The SMILES string of the molecule is O=C(O)[C@H]1CCCN(C(=O)c2cc3c([nH]c2=O)CCCC3)C1. The Morgan fingerprint density at radius 3 is 2.77 bits per heavy atom. The number of aryl methyl sites for hydroxylation is 2. The first-order valence-corrected chi connectivity index (χ1v) is 7.83. The van der Waals surface area contributed by atoms with Gasteiger partial charge in [-0.2, -0.15) is 0 Å². The first-order chi connectivity index (χ1) is 10.6. The number of hydrogen-bond acceptors (Lipinski definition) is 3. The maximum absolute atomic E-state index is 12.6. The van der Waals surface area contributed by atoms with E-state index in [1.807, 2.05) is 0 Å². The van der Waals surface area contributed by atoms with Gasteiger partial charge in [0.25, 0.3) is 11.5 Å². The van der Waals surface area contributed by atoms with Crippen molar-refractivity contribution in [3.63, 3.8) is 0 Å². The van der Waals surface area contributed by atoms with Crippen LogP contribution in [0.3, 0.4) is 0 Å². The van der Waals surface area contributed by atoms with E-state index in [2.05, 4.69) is 4.98 Å². The van der Waals surface area contributed by atoms with Crippen molar-refractivity contribution in [3.8, 4) is 0 Å². The van der Waals surface area contributed by atoms with Gasteiger partial charge in [-0.25, -0.2) is 0 Å². The van der Waals surface area contributed by atoms with Crippen LogP contribution in [-0.4, -0.2) is 40.0 Å². The highest BCUT2D eigenvalue weighted by Crippen LogP contribution is 2.21. The number of likely N-dealkylation sites (tertiary alicyclic amines) is 1. The topological polar surface area (TPSA) is 90.5 Å². The summed E-state index contributed by atoms with van der Waals surface area (Å²) in [5, 5.41) is 9.12. The van der Waals surface area contributed by atoms with Crippen LogP contribution in [0.1, 0.15) is 47.3 Å². The summed E-state index contributed by atoms with van der Waals surface area (Å²) in [4.78, 5) is 40.2. The minimum Gasteiger partial charge on any atom is -0.481 e. The molecule has 6 heteroatoms. The number of nitrogens with one attached hydrogen (secondary N) is 1. The molecule has 118 valence electrons. The number of carbonyl (C=O) groups is 2. The third kappa shape index (κ3) is 2.77. The van der Waals surface area contributed by atoms with Gasteiger partial charge in [0.05, 0.1) is 5.92 Å². The molecule has 6 nitrogen and oxygen atoms in total. The fourth-order valence-electron chi connectivity index (χ4n) is 3.37. The average Bonchev–Trinajstić information content (AvgIpc) is 2.53. The molecule has 1 aliphatic carbocycles. The monoisotopic (exact) mass is 304 g/mol. The molecule has 3 rings (SSSR count). The molecular weight excluding hydrogens is 284 g/mol. The molecule has 0 unspecified atom stereocenters. The first kappa shape index (κ1) is 14.8. The van der Waals surface area contributed by atoms with Gasteiger partial charge in [0.15, 0.2) is 0 Å². The van der Waals surface area contributed by atoms with Crippen LogP contribution >= 0.6 is 0 Å². The molecule has 0 saturated carbocycles. The van der Waals surface area contributed by atoms with Crippen molar-refractivity contribution in [2.75, 3.05) is 13.1 Å². The number of carbonyl (C=O) groups excluding carboxylic acids is 1. The lowest BCUT2D eigenvalue weighted by molar-refractivity contribution is -0.143. The lowest BCUT2D eigenvalue weighted by Crippen LogP contribution is -2.44. The van der Waals surface area contributed by atoms with Crippen molar-refractivity contribution in [1.29, 1.82) is 0 Å². The summed E-state index contributed by atoms with van der Waals surface area (Å²) in [5.41, 5.74) is 1.77. The predicted octanol–water partition coefficient (Wildman–Crippen LogP) is 1.19. The average molecular weight is 304 g/mol. The van der Waals surface area contributed by atoms with Gasteiger partial charge in [-0.05, 0) is 50.2 Å². The van der Waals surface area contributed by atoms with Crippen LogP contribution in [0.2, 0.25) is 0 Å². The molecule has 2 aliphatic rings. The van der Waals surface area contributed by atoms with Gasteiger partial charge >= 0.3 is 5.97 Å². The van der Waals surface area contributed by atoms with Crippen molar-refractivity contribution in [2.45, 2.75) is 38.5 Å². The van der Waals surface area contributed by atoms with E-state index in [4.69, 9.17) is 5.11 Å². The van der Waals surface area contributed by atoms with E-state index in [1.165, 1.54) is 4.90 Å². The quantitative estimate of drug-likeness (QED) is 0.858. The van der Waals surface area contributed by atoms with Gasteiger partial charge in [-0.15, -0.1) is 0 Å². The van der Waals surface area contributed by atoms with Crippen LogP contribution in [0.5, 0.6) is 0 Å². The Balaban J connectivity index is 1.85. The van der Waals surface area contributed by atoms with Crippen LogP contribution in [0.4, 0.5) is 0 Å². The van der Waals surface area contributed by atoms with E-state index in [0.717, 1.165) is 36.9 Å². The number of hydrogen-bond donors (Lipinski definition) is 2. The zero-order valence-electron chi connectivity index (χ0n) is 12.4. The van der Waals surface area contributed by atoms with E-state index in [-0.39, 0.29) is 23.6 Å². The number of aromatic amines is 1. The maximum atomic E-state index is 12.6. The molecule has 0 aromatic carbocycles. The molecule has 1 atom stereocenters. The van der Waals surface area contributed by atoms with E-state index in [0.29, 0.717) is 19.4 Å². The minimum atomic E-state index is -0.878. The van der Waals surface area contributed by atoms with Crippen molar-refractivity contribution in [3.05, 3.63) is 33.2 Å². The number of rotatable bonds is 2. The normalized spacial score (nSPS) is 21.3. The highest BCUT2D eigenvalue weighted by molar-refractivity contribution is 5.94. The number of amides is 1. The second-order valence-electron chi connectivity index (χ2n) is 6.15. The van der Waals surface area contributed by atoms with E-state index in [9.17, 15) is 14.4 Å². The molecule has 1 fully saturated rings. The zero-order valence-corrected chi connectivity index (χ0v) is 12.4. The van der Waals surface area contributed by atoms with Crippen LogP contribution in [0.15, 0.2) is 10.9 Å². The van der Waals surface area contributed by atoms with Crippen molar-refractivity contribution in [2.24, 2.45) is 5.92 Å². The second-order valence-corrected chi connectivity index (χ2v) is 6.15. The fraction of sp³-hybridized carbons (Fsp3) is 0.562. The van der Waals surface area contributed by atoms with Gasteiger partial charge in [-0.3, -0.25) is 14.4 Å². The lowest BCUT2D eigenvalue weighted by Gasteiger charge is -2.30. The molecule has 2 N–H and O–H groups in total. The fourth-order valence-corrected chi connectivity index (χ4v) is 3.37. The summed E-state index contributed by atoms with van der Waals surface area (Å²) in [7, 11) is 0. The molecule has 0 spiro atoms. The molecule has 22 heavy (non-hydrogen) atoms. The van der Waals surface area contributed by atoms with Crippen LogP contribution in [0, 0.1) is 5.92 Å². The summed E-state index contributed by atoms with van der Waals surface area (Å²) < 4.78 is 0. The second kappa shape index (κ2) is 5.94. The number of nitrogens with zero attached hydrogens (tertiary/aromatic N) is 1. The number of fused-ring (bicyclic) bond motifs is 1. The summed E-state index contributed by atoms with van der Waals surface area (Å²) in [5.74, 6) is -1.76. The molecule has 1 saturated heterocycles. The third-order valence-corrected chi connectivity index (χ3v) is 4.63. The van der Waals surface area contributed by atoms with Crippen LogP contribution in [0.25, 0.3) is 0 Å². The standard InChI is InChI=1S/C16H20N2O4/c19-14-12(8-10-4-1-2-6-13(10)17-14)15(20)18-7-3-5-11(9-18)16(21)22/h8,11H,1-7,9H2,(H,17,19)(H,21,22)/t11-/m0/s1. The maximum Gasteiger partial charge on any atom is 0.308 e. The summed E-state index contributed by atoms with van der Waals surface area (Å²) in [6.07, 6.45) is 5.10. The number of carboxylic acids is 1.